The summed E-state index contributed by atoms with van der Waals surface area (Å²) in [7, 11) is 0. The molecule has 0 aliphatic heterocycles. The first-order valence-electron chi connectivity index (χ1n) is 4.87. The van der Waals surface area contributed by atoms with Crippen molar-refractivity contribution < 1.29 is 9.59 Å². The van der Waals surface area contributed by atoms with Crippen LogP contribution in [0.5, 0.6) is 0 Å². The van der Waals surface area contributed by atoms with Gasteiger partial charge in [0, 0.05) is 5.57 Å². The van der Waals surface area contributed by atoms with Crippen molar-refractivity contribution in [2.75, 3.05) is 0 Å². The van der Waals surface area contributed by atoms with Gasteiger partial charge in [0.25, 0.3) is 0 Å². The van der Waals surface area contributed by atoms with Crippen molar-refractivity contribution in [3.05, 3.63) is 23.8 Å². The predicted octanol–water partition coefficient (Wildman–Crippen LogP) is 2.31. The fraction of sp³-hybridized carbons (Fsp3) is 0.385. The minimum absolute atomic E-state index is 0.386. The number of aldehydes is 2. The molecule has 15 heavy (non-hydrogen) atoms. The number of allylic oxidation sites excluding steroid dienone is 4. The van der Waals surface area contributed by atoms with E-state index >= 15 is 0 Å². The maximum atomic E-state index is 10.9. The largest absolute Gasteiger partial charge is 0.301 e. The quantitative estimate of drug-likeness (QED) is 0.298. The molecule has 2 nitrogen and oxygen atoms in total. The lowest BCUT2D eigenvalue weighted by Gasteiger charge is -2.14. The summed E-state index contributed by atoms with van der Waals surface area (Å²) in [5.74, 6) is 5.39. The van der Waals surface area contributed by atoms with Crippen LogP contribution in [-0.2, 0) is 9.59 Å². The van der Waals surface area contributed by atoms with E-state index in [0.717, 1.165) is 6.42 Å². The highest BCUT2D eigenvalue weighted by molar-refractivity contribution is 5.87. The summed E-state index contributed by atoms with van der Waals surface area (Å²) in [6, 6.07) is 0. The Morgan fingerprint density at radius 2 is 2.07 bits per heavy atom. The van der Waals surface area contributed by atoms with Crippen LogP contribution < -0.4 is 0 Å². The first-order valence-corrected chi connectivity index (χ1v) is 4.87. The van der Waals surface area contributed by atoms with E-state index in [-0.39, 0.29) is 0 Å². The molecule has 0 rings (SSSR count). The zero-order chi connectivity index (χ0) is 11.7. The maximum absolute atomic E-state index is 10.9. The molecule has 0 amide bonds. The summed E-state index contributed by atoms with van der Waals surface area (Å²) in [5.41, 5.74) is -0.606. The average Bonchev–Trinajstić information content (AvgIpc) is 2.24. The molecule has 0 saturated heterocycles. The topological polar surface area (TPSA) is 34.1 Å². The Balaban J connectivity index is 5.14. The molecule has 0 aromatic rings. The normalized spacial score (nSPS) is 15.3. The summed E-state index contributed by atoms with van der Waals surface area (Å²) >= 11 is 0. The van der Waals surface area contributed by atoms with Gasteiger partial charge in [-0.1, -0.05) is 31.1 Å². The van der Waals surface area contributed by atoms with Gasteiger partial charge >= 0.3 is 0 Å². The van der Waals surface area contributed by atoms with Gasteiger partial charge in [-0.3, -0.25) is 4.79 Å². The molecule has 0 heterocycles. The lowest BCUT2D eigenvalue weighted by molar-refractivity contribution is -0.114. The van der Waals surface area contributed by atoms with Gasteiger partial charge in [-0.05, 0) is 20.3 Å². The summed E-state index contributed by atoms with van der Waals surface area (Å²) in [6.07, 6.45) is 7.58. The van der Waals surface area contributed by atoms with E-state index in [1.165, 1.54) is 0 Å². The van der Waals surface area contributed by atoms with Crippen molar-refractivity contribution in [1.29, 1.82) is 0 Å². The first kappa shape index (κ1) is 13.4. The smallest absolute Gasteiger partial charge is 0.147 e. The maximum Gasteiger partial charge on any atom is 0.147 e. The van der Waals surface area contributed by atoms with E-state index < -0.39 is 5.41 Å². The Morgan fingerprint density at radius 3 is 2.47 bits per heavy atom. The Morgan fingerprint density at radius 1 is 1.40 bits per heavy atom. The van der Waals surface area contributed by atoms with Crippen LogP contribution in [0.3, 0.4) is 0 Å². The highest BCUT2D eigenvalue weighted by Crippen LogP contribution is 2.21. The summed E-state index contributed by atoms with van der Waals surface area (Å²) in [6.45, 7) is 5.28. The molecular formula is C13H16O2. The molecule has 0 aliphatic carbocycles. The second-order valence-corrected chi connectivity index (χ2v) is 3.27. The molecule has 0 N–H and O–H groups in total. The second-order valence-electron chi connectivity index (χ2n) is 3.27. The average molecular weight is 204 g/mol. The SMILES string of the molecule is CC#CC(C)(C=O)/C(C=O)=C\C=C/CC. The van der Waals surface area contributed by atoms with E-state index in [1.807, 2.05) is 13.0 Å². The lowest BCUT2D eigenvalue weighted by Crippen LogP contribution is -2.19. The van der Waals surface area contributed by atoms with Crippen LogP contribution in [0.1, 0.15) is 27.2 Å². The van der Waals surface area contributed by atoms with Gasteiger partial charge in [0.2, 0.25) is 0 Å². The molecule has 1 atom stereocenters. The number of carbonyl (C=O) groups is 2. The fourth-order valence-electron chi connectivity index (χ4n) is 1.07. The fourth-order valence-corrected chi connectivity index (χ4v) is 1.07. The van der Waals surface area contributed by atoms with E-state index in [0.29, 0.717) is 18.1 Å². The third-order valence-corrected chi connectivity index (χ3v) is 1.99. The first-order chi connectivity index (χ1) is 7.14. The molecule has 80 valence electrons. The molecule has 0 aromatic heterocycles. The van der Waals surface area contributed by atoms with Crippen LogP contribution in [0.2, 0.25) is 0 Å². The molecule has 0 aromatic carbocycles. The third-order valence-electron chi connectivity index (χ3n) is 1.99. The minimum atomic E-state index is -0.991. The van der Waals surface area contributed by atoms with E-state index in [2.05, 4.69) is 11.8 Å². The van der Waals surface area contributed by atoms with Gasteiger partial charge in [0.1, 0.15) is 18.0 Å². The van der Waals surface area contributed by atoms with Gasteiger partial charge in [0.15, 0.2) is 0 Å². The Labute approximate surface area is 91.1 Å². The number of rotatable bonds is 5. The third kappa shape index (κ3) is 3.95. The van der Waals surface area contributed by atoms with Crippen LogP contribution in [0.25, 0.3) is 0 Å². The number of carbonyl (C=O) groups excluding carboxylic acids is 2. The summed E-state index contributed by atoms with van der Waals surface area (Å²) in [5, 5.41) is 0. The van der Waals surface area contributed by atoms with Crippen LogP contribution in [0.4, 0.5) is 0 Å². The highest BCUT2D eigenvalue weighted by atomic mass is 16.1. The molecule has 0 bridgehead atoms. The van der Waals surface area contributed by atoms with Crippen LogP contribution in [0.15, 0.2) is 23.8 Å². The van der Waals surface area contributed by atoms with Gasteiger partial charge in [0.05, 0.1) is 0 Å². The van der Waals surface area contributed by atoms with Gasteiger partial charge < -0.3 is 4.79 Å². The molecule has 2 heteroatoms. The molecular weight excluding hydrogens is 188 g/mol. The molecule has 0 saturated carbocycles. The number of hydrogen-bond acceptors (Lipinski definition) is 2. The van der Waals surface area contributed by atoms with Crippen molar-refractivity contribution in [3.63, 3.8) is 0 Å². The molecule has 0 aliphatic rings. The van der Waals surface area contributed by atoms with Gasteiger partial charge in [-0.25, -0.2) is 0 Å². The summed E-state index contributed by atoms with van der Waals surface area (Å²) < 4.78 is 0. The molecule has 0 spiro atoms. The summed E-state index contributed by atoms with van der Waals surface area (Å²) in [4.78, 5) is 21.8. The van der Waals surface area contributed by atoms with Crippen LogP contribution in [-0.4, -0.2) is 12.6 Å². The Bertz CT molecular complexity index is 339. The van der Waals surface area contributed by atoms with E-state index in [1.54, 1.807) is 26.0 Å². The van der Waals surface area contributed by atoms with E-state index in [4.69, 9.17) is 0 Å². The molecule has 1 unspecified atom stereocenters. The van der Waals surface area contributed by atoms with Crippen molar-refractivity contribution in [2.24, 2.45) is 5.41 Å². The monoisotopic (exact) mass is 204 g/mol. The zero-order valence-corrected chi connectivity index (χ0v) is 9.41. The van der Waals surface area contributed by atoms with Crippen molar-refractivity contribution in [1.82, 2.24) is 0 Å². The molecule has 0 radical (unpaired) electrons. The standard InChI is InChI=1S/C13H16O2/c1-4-6-7-8-12(10-14)13(3,11-15)9-5-2/h6-8,10-11H,4H2,1-3H3/b7-6-,12-8-. The lowest BCUT2D eigenvalue weighted by atomic mass is 9.84. The predicted molar refractivity (Wildman–Crippen MR) is 61.2 cm³/mol. The van der Waals surface area contributed by atoms with Crippen molar-refractivity contribution in [3.8, 4) is 11.8 Å². The van der Waals surface area contributed by atoms with Crippen LogP contribution in [0, 0.1) is 17.3 Å². The second kappa shape index (κ2) is 6.78. The Kier molecular flexibility index (Phi) is 6.05. The van der Waals surface area contributed by atoms with E-state index in [9.17, 15) is 9.59 Å². The van der Waals surface area contributed by atoms with Gasteiger partial charge in [-0.2, -0.15) is 0 Å². The number of hydrogen-bond donors (Lipinski definition) is 0. The minimum Gasteiger partial charge on any atom is -0.301 e. The van der Waals surface area contributed by atoms with Gasteiger partial charge in [-0.15, -0.1) is 5.92 Å². The van der Waals surface area contributed by atoms with Crippen molar-refractivity contribution in [2.45, 2.75) is 27.2 Å². The highest BCUT2D eigenvalue weighted by Gasteiger charge is 2.25. The molecule has 0 fully saturated rings. The van der Waals surface area contributed by atoms with Crippen molar-refractivity contribution >= 4 is 12.6 Å². The van der Waals surface area contributed by atoms with Crippen LogP contribution >= 0.6 is 0 Å². The zero-order valence-electron chi connectivity index (χ0n) is 9.41. The Hall–Kier alpha value is -1.62.